The van der Waals surface area contributed by atoms with E-state index in [1.165, 1.54) is 4.68 Å². The minimum Gasteiger partial charge on any atom is -0.393 e. The van der Waals surface area contributed by atoms with Gasteiger partial charge in [-0.2, -0.15) is 5.10 Å². The van der Waals surface area contributed by atoms with Crippen LogP contribution in [0.5, 0.6) is 0 Å². The van der Waals surface area contributed by atoms with E-state index >= 15 is 0 Å². The third kappa shape index (κ3) is 3.27. The first-order valence-corrected chi connectivity index (χ1v) is 9.45. The van der Waals surface area contributed by atoms with E-state index in [9.17, 15) is 14.7 Å². The number of benzene rings is 1. The Bertz CT molecular complexity index is 977. The number of hydrogen-bond acceptors (Lipinski definition) is 5. The summed E-state index contributed by atoms with van der Waals surface area (Å²) in [5.41, 5.74) is -0.273. The van der Waals surface area contributed by atoms with Gasteiger partial charge in [-0.1, -0.05) is 24.3 Å². The van der Waals surface area contributed by atoms with Crippen LogP contribution in [0.25, 0.3) is 10.8 Å². The van der Waals surface area contributed by atoms with Gasteiger partial charge in [-0.15, -0.1) is 11.3 Å². The number of thiophene rings is 1. The summed E-state index contributed by atoms with van der Waals surface area (Å²) in [6.45, 7) is -0.124. The molecule has 4 rings (SSSR count). The second-order valence-electron chi connectivity index (χ2n) is 6.64. The Kier molecular flexibility index (Phi) is 4.57. The van der Waals surface area contributed by atoms with E-state index < -0.39 is 0 Å². The fourth-order valence-corrected chi connectivity index (χ4v) is 4.26. The molecule has 1 fully saturated rings. The van der Waals surface area contributed by atoms with Crippen LogP contribution in [0.3, 0.4) is 0 Å². The number of aliphatic hydroxyl groups is 1. The van der Waals surface area contributed by atoms with Crippen molar-refractivity contribution in [2.45, 2.75) is 31.5 Å². The summed E-state index contributed by atoms with van der Waals surface area (Å²) in [5, 5.41) is 20.0. The third-order valence-electron chi connectivity index (χ3n) is 4.84. The number of nitrogens with zero attached hydrogens (tertiary/aromatic N) is 2. The molecule has 1 atom stereocenters. The molecule has 0 spiro atoms. The molecule has 1 aliphatic rings. The largest absolute Gasteiger partial charge is 0.393 e. The van der Waals surface area contributed by atoms with E-state index in [4.69, 9.17) is 0 Å². The molecule has 1 unspecified atom stereocenters. The van der Waals surface area contributed by atoms with Gasteiger partial charge < -0.3 is 10.4 Å². The van der Waals surface area contributed by atoms with Gasteiger partial charge >= 0.3 is 0 Å². The van der Waals surface area contributed by atoms with E-state index in [0.717, 1.165) is 10.3 Å². The quantitative estimate of drug-likeness (QED) is 0.721. The molecule has 0 radical (unpaired) electrons. The van der Waals surface area contributed by atoms with Gasteiger partial charge in [0.2, 0.25) is 5.91 Å². The van der Waals surface area contributed by atoms with Crippen LogP contribution in [0, 0.1) is 5.92 Å². The maximum atomic E-state index is 12.6. The lowest BCUT2D eigenvalue weighted by molar-refractivity contribution is -0.123. The lowest BCUT2D eigenvalue weighted by atomic mass is 9.77. The summed E-state index contributed by atoms with van der Waals surface area (Å²) < 4.78 is 1.19. The SMILES string of the molecule is O=C(Cn1ncc2ccccc2c1=O)NC(c1cccs1)C1CC(O)C1. The lowest BCUT2D eigenvalue weighted by Crippen LogP contribution is -2.43. The Morgan fingerprint density at radius 3 is 2.85 bits per heavy atom. The van der Waals surface area contributed by atoms with Crippen LogP contribution in [0.15, 0.2) is 52.8 Å². The van der Waals surface area contributed by atoms with Crippen LogP contribution in [-0.4, -0.2) is 26.9 Å². The highest BCUT2D eigenvalue weighted by Crippen LogP contribution is 2.39. The molecule has 1 aliphatic carbocycles. The molecule has 7 heteroatoms. The Balaban J connectivity index is 1.52. The number of carbonyl (C=O) groups is 1. The number of hydrogen-bond donors (Lipinski definition) is 2. The number of aromatic nitrogens is 2. The van der Waals surface area contributed by atoms with Gasteiger partial charge in [0.1, 0.15) is 6.54 Å². The monoisotopic (exact) mass is 369 g/mol. The first-order valence-electron chi connectivity index (χ1n) is 8.57. The van der Waals surface area contributed by atoms with E-state index in [-0.39, 0.29) is 36.1 Å². The maximum Gasteiger partial charge on any atom is 0.275 e. The number of carbonyl (C=O) groups excluding carboxylic acids is 1. The molecular formula is C19H19N3O3S. The van der Waals surface area contributed by atoms with Crippen molar-refractivity contribution >= 4 is 28.0 Å². The van der Waals surface area contributed by atoms with Crippen molar-refractivity contribution < 1.29 is 9.90 Å². The van der Waals surface area contributed by atoms with Crippen molar-refractivity contribution in [3.63, 3.8) is 0 Å². The molecule has 0 saturated heterocycles. The standard InChI is InChI=1S/C19H19N3O3S/c23-14-8-13(9-14)18(16-6-3-7-26-16)21-17(24)11-22-19(25)15-5-2-1-4-12(15)10-20-22/h1-7,10,13-14,18,23H,8-9,11H2,(H,21,24). The van der Waals surface area contributed by atoms with Crippen molar-refractivity contribution in [1.82, 2.24) is 15.1 Å². The highest BCUT2D eigenvalue weighted by atomic mass is 32.1. The highest BCUT2D eigenvalue weighted by Gasteiger charge is 2.36. The molecule has 26 heavy (non-hydrogen) atoms. The summed E-state index contributed by atoms with van der Waals surface area (Å²) in [7, 11) is 0. The van der Waals surface area contributed by atoms with Crippen LogP contribution in [0.2, 0.25) is 0 Å². The minimum atomic E-state index is -0.288. The van der Waals surface area contributed by atoms with Gasteiger partial charge in [-0.3, -0.25) is 9.59 Å². The predicted molar refractivity (Wildman–Crippen MR) is 99.9 cm³/mol. The molecule has 0 bridgehead atoms. The zero-order valence-electron chi connectivity index (χ0n) is 14.0. The highest BCUT2D eigenvalue weighted by molar-refractivity contribution is 7.10. The average Bonchev–Trinajstić information content (AvgIpc) is 3.14. The van der Waals surface area contributed by atoms with Crippen molar-refractivity contribution in [3.05, 3.63) is 63.2 Å². The van der Waals surface area contributed by atoms with Gasteiger partial charge in [-0.25, -0.2) is 4.68 Å². The van der Waals surface area contributed by atoms with Crippen LogP contribution >= 0.6 is 11.3 Å². The average molecular weight is 369 g/mol. The van der Waals surface area contributed by atoms with Crippen LogP contribution in [0.4, 0.5) is 0 Å². The molecule has 1 aromatic carbocycles. The topological polar surface area (TPSA) is 84.2 Å². The molecule has 134 valence electrons. The third-order valence-corrected chi connectivity index (χ3v) is 5.80. The molecular weight excluding hydrogens is 350 g/mol. The Morgan fingerprint density at radius 1 is 1.31 bits per heavy atom. The summed E-state index contributed by atoms with van der Waals surface area (Å²) in [4.78, 5) is 26.1. The molecule has 1 saturated carbocycles. The van der Waals surface area contributed by atoms with Gasteiger partial charge in [0.25, 0.3) is 5.56 Å². The molecule has 2 heterocycles. The zero-order valence-corrected chi connectivity index (χ0v) is 14.9. The van der Waals surface area contributed by atoms with Crippen molar-refractivity contribution in [1.29, 1.82) is 0 Å². The number of aliphatic hydroxyl groups excluding tert-OH is 1. The maximum absolute atomic E-state index is 12.6. The lowest BCUT2D eigenvalue weighted by Gasteiger charge is -2.37. The fourth-order valence-electron chi connectivity index (χ4n) is 3.39. The number of fused-ring (bicyclic) bond motifs is 1. The summed E-state index contributed by atoms with van der Waals surface area (Å²) >= 11 is 1.58. The Morgan fingerprint density at radius 2 is 2.12 bits per heavy atom. The van der Waals surface area contributed by atoms with Crippen molar-refractivity contribution in [2.24, 2.45) is 5.92 Å². The van der Waals surface area contributed by atoms with Crippen LogP contribution < -0.4 is 10.9 Å². The number of rotatable bonds is 5. The van der Waals surface area contributed by atoms with E-state index in [0.29, 0.717) is 18.2 Å². The normalized spacial score (nSPS) is 20.5. The zero-order chi connectivity index (χ0) is 18.1. The fraction of sp³-hybridized carbons (Fsp3) is 0.316. The molecule has 3 aromatic rings. The van der Waals surface area contributed by atoms with Gasteiger partial charge in [0.05, 0.1) is 23.7 Å². The first kappa shape index (κ1) is 16.9. The van der Waals surface area contributed by atoms with E-state index in [1.807, 2.05) is 29.6 Å². The number of nitrogens with one attached hydrogen (secondary N) is 1. The van der Waals surface area contributed by atoms with Crippen molar-refractivity contribution in [3.8, 4) is 0 Å². The molecule has 2 aromatic heterocycles. The Labute approximate surface area is 154 Å². The van der Waals surface area contributed by atoms with Gasteiger partial charge in [-0.05, 0) is 36.3 Å². The molecule has 2 N–H and O–H groups in total. The molecule has 0 aliphatic heterocycles. The molecule has 6 nitrogen and oxygen atoms in total. The summed E-state index contributed by atoms with van der Waals surface area (Å²) in [6.07, 6.45) is 2.67. The summed E-state index contributed by atoms with van der Waals surface area (Å²) in [5.74, 6) is -0.0384. The summed E-state index contributed by atoms with van der Waals surface area (Å²) in [6, 6.07) is 11.0. The first-order chi connectivity index (χ1) is 12.6. The van der Waals surface area contributed by atoms with Gasteiger partial charge in [0, 0.05) is 10.3 Å². The van der Waals surface area contributed by atoms with Crippen molar-refractivity contribution in [2.75, 3.05) is 0 Å². The van der Waals surface area contributed by atoms with E-state index in [2.05, 4.69) is 10.4 Å². The second kappa shape index (κ2) is 7.01. The number of amides is 1. The smallest absolute Gasteiger partial charge is 0.275 e. The molecule has 1 amide bonds. The van der Waals surface area contributed by atoms with E-state index in [1.54, 1.807) is 29.7 Å². The van der Waals surface area contributed by atoms with Gasteiger partial charge in [0.15, 0.2) is 0 Å². The Hall–Kier alpha value is -2.51. The second-order valence-corrected chi connectivity index (χ2v) is 7.62. The minimum absolute atomic E-state index is 0.124. The predicted octanol–water partition coefficient (Wildman–Crippen LogP) is 2.09. The van der Waals surface area contributed by atoms with Crippen LogP contribution in [0.1, 0.15) is 23.8 Å². The van der Waals surface area contributed by atoms with Crippen LogP contribution in [-0.2, 0) is 11.3 Å².